The van der Waals surface area contributed by atoms with Crippen molar-refractivity contribution in [2.45, 2.75) is 6.54 Å². The molecular formula is C9H9N3OS. The van der Waals surface area contributed by atoms with E-state index < -0.39 is 0 Å². The van der Waals surface area contributed by atoms with Gasteiger partial charge in [0.25, 0.3) is 5.56 Å². The Morgan fingerprint density at radius 3 is 3.00 bits per heavy atom. The molecule has 2 heterocycles. The molecule has 0 saturated carbocycles. The Kier molecular flexibility index (Phi) is 2.43. The van der Waals surface area contributed by atoms with Crippen molar-refractivity contribution in [1.29, 1.82) is 0 Å². The summed E-state index contributed by atoms with van der Waals surface area (Å²) in [5, 5.41) is 3.87. The van der Waals surface area contributed by atoms with E-state index in [9.17, 15) is 4.79 Å². The Labute approximate surface area is 84.4 Å². The molecule has 0 aromatic carbocycles. The zero-order valence-corrected chi connectivity index (χ0v) is 8.17. The first-order valence-electron chi connectivity index (χ1n) is 4.12. The monoisotopic (exact) mass is 207 g/mol. The molecule has 2 rings (SSSR count). The lowest BCUT2D eigenvalue weighted by molar-refractivity contribution is 0.980. The number of rotatable bonds is 2. The van der Waals surface area contributed by atoms with Gasteiger partial charge >= 0.3 is 0 Å². The van der Waals surface area contributed by atoms with E-state index in [2.05, 4.69) is 9.97 Å². The number of aromatic nitrogens is 2. The van der Waals surface area contributed by atoms with Gasteiger partial charge < -0.3 is 10.7 Å². The largest absolute Gasteiger partial charge is 0.326 e. The van der Waals surface area contributed by atoms with Crippen LogP contribution in [-0.2, 0) is 6.54 Å². The van der Waals surface area contributed by atoms with Crippen LogP contribution in [0.2, 0.25) is 0 Å². The highest BCUT2D eigenvalue weighted by molar-refractivity contribution is 7.08. The topological polar surface area (TPSA) is 71.8 Å². The Hall–Kier alpha value is -1.46. The van der Waals surface area contributed by atoms with Crippen LogP contribution in [0.4, 0.5) is 0 Å². The van der Waals surface area contributed by atoms with Gasteiger partial charge in [0.15, 0.2) is 0 Å². The van der Waals surface area contributed by atoms with Crippen molar-refractivity contribution >= 4 is 11.3 Å². The third-order valence-corrected chi connectivity index (χ3v) is 2.57. The molecule has 14 heavy (non-hydrogen) atoms. The van der Waals surface area contributed by atoms with Gasteiger partial charge in [-0.15, -0.1) is 0 Å². The number of H-pyrrole nitrogens is 1. The van der Waals surface area contributed by atoms with Crippen LogP contribution >= 0.6 is 11.3 Å². The molecule has 0 unspecified atom stereocenters. The second kappa shape index (κ2) is 3.73. The van der Waals surface area contributed by atoms with Crippen molar-refractivity contribution in [3.63, 3.8) is 0 Å². The zero-order chi connectivity index (χ0) is 9.97. The molecule has 0 atom stereocenters. The maximum absolute atomic E-state index is 11.4. The van der Waals surface area contributed by atoms with E-state index in [-0.39, 0.29) is 12.1 Å². The predicted octanol–water partition coefficient (Wildman–Crippen LogP) is 0.957. The van der Waals surface area contributed by atoms with Gasteiger partial charge in [-0.05, 0) is 11.4 Å². The van der Waals surface area contributed by atoms with Crippen LogP contribution in [0.1, 0.15) is 5.56 Å². The first-order chi connectivity index (χ1) is 6.81. The molecule has 72 valence electrons. The lowest BCUT2D eigenvalue weighted by atomic mass is 10.3. The summed E-state index contributed by atoms with van der Waals surface area (Å²) in [6.07, 6.45) is 1.52. The fourth-order valence-corrected chi connectivity index (χ4v) is 1.75. The molecule has 0 aliphatic heterocycles. The minimum Gasteiger partial charge on any atom is -0.326 e. The molecule has 0 saturated heterocycles. The van der Waals surface area contributed by atoms with Crippen LogP contribution in [-0.4, -0.2) is 9.97 Å². The Morgan fingerprint density at radius 2 is 2.43 bits per heavy atom. The average molecular weight is 207 g/mol. The molecular weight excluding hydrogens is 198 g/mol. The van der Waals surface area contributed by atoms with Crippen molar-refractivity contribution in [2.75, 3.05) is 0 Å². The van der Waals surface area contributed by atoms with Crippen molar-refractivity contribution in [3.8, 4) is 11.4 Å². The number of nitrogens with one attached hydrogen (secondary N) is 1. The highest BCUT2D eigenvalue weighted by atomic mass is 32.1. The summed E-state index contributed by atoms with van der Waals surface area (Å²) in [6.45, 7) is 0.215. The van der Waals surface area contributed by atoms with Gasteiger partial charge in [-0.1, -0.05) is 0 Å². The molecule has 3 N–H and O–H groups in total. The SMILES string of the molecule is NCc1cnc(-c2ccsc2)[nH]c1=O. The highest BCUT2D eigenvalue weighted by Crippen LogP contribution is 2.16. The lowest BCUT2D eigenvalue weighted by Gasteiger charge is -1.98. The summed E-state index contributed by atoms with van der Waals surface area (Å²) in [5.41, 5.74) is 6.63. The molecule has 0 aliphatic carbocycles. The van der Waals surface area contributed by atoms with Crippen LogP contribution in [0, 0.1) is 0 Å². The van der Waals surface area contributed by atoms with Crippen molar-refractivity contribution < 1.29 is 0 Å². The number of nitrogens with zero attached hydrogens (tertiary/aromatic N) is 1. The second-order valence-electron chi connectivity index (χ2n) is 2.80. The number of nitrogens with two attached hydrogens (primary N) is 1. The average Bonchev–Trinajstić information content (AvgIpc) is 2.70. The van der Waals surface area contributed by atoms with Gasteiger partial charge in [-0.25, -0.2) is 4.98 Å². The van der Waals surface area contributed by atoms with Crippen LogP contribution < -0.4 is 11.3 Å². The van der Waals surface area contributed by atoms with E-state index in [1.165, 1.54) is 6.20 Å². The summed E-state index contributed by atoms with van der Waals surface area (Å²) in [6, 6.07) is 1.91. The quantitative estimate of drug-likeness (QED) is 0.770. The molecule has 0 aliphatic rings. The standard InChI is InChI=1S/C9H9N3OS/c10-3-7-4-11-8(12-9(7)13)6-1-2-14-5-6/h1-2,4-5H,3,10H2,(H,11,12,13). The normalized spacial score (nSPS) is 10.4. The molecule has 2 aromatic rings. The summed E-state index contributed by atoms with van der Waals surface area (Å²) < 4.78 is 0. The van der Waals surface area contributed by atoms with E-state index >= 15 is 0 Å². The Balaban J connectivity index is 2.48. The lowest BCUT2D eigenvalue weighted by Crippen LogP contribution is -2.17. The van der Waals surface area contributed by atoms with E-state index in [1.807, 2.05) is 16.8 Å². The smallest absolute Gasteiger partial charge is 0.255 e. The minimum atomic E-state index is -0.163. The summed E-state index contributed by atoms with van der Waals surface area (Å²) in [7, 11) is 0. The second-order valence-corrected chi connectivity index (χ2v) is 3.58. The Bertz CT molecular complexity index is 475. The fraction of sp³-hybridized carbons (Fsp3) is 0.111. The number of hydrogen-bond acceptors (Lipinski definition) is 4. The van der Waals surface area contributed by atoms with Crippen molar-refractivity contribution in [1.82, 2.24) is 9.97 Å². The summed E-state index contributed by atoms with van der Waals surface area (Å²) >= 11 is 1.56. The van der Waals surface area contributed by atoms with Gasteiger partial charge in [0.1, 0.15) is 5.82 Å². The third kappa shape index (κ3) is 1.59. The maximum atomic E-state index is 11.4. The molecule has 0 spiro atoms. The molecule has 0 radical (unpaired) electrons. The number of thiophene rings is 1. The third-order valence-electron chi connectivity index (χ3n) is 1.89. The molecule has 0 fully saturated rings. The first-order valence-corrected chi connectivity index (χ1v) is 5.06. The van der Waals surface area contributed by atoms with Crippen molar-refractivity contribution in [2.24, 2.45) is 5.73 Å². The van der Waals surface area contributed by atoms with E-state index in [1.54, 1.807) is 11.3 Å². The van der Waals surface area contributed by atoms with Crippen LogP contribution in [0.25, 0.3) is 11.4 Å². The zero-order valence-electron chi connectivity index (χ0n) is 7.36. The summed E-state index contributed by atoms with van der Waals surface area (Å²) in [4.78, 5) is 18.2. The molecule has 2 aromatic heterocycles. The van der Waals surface area contributed by atoms with Gasteiger partial charge in [-0.3, -0.25) is 4.79 Å². The molecule has 0 amide bonds. The van der Waals surface area contributed by atoms with Crippen LogP contribution in [0.5, 0.6) is 0 Å². The van der Waals surface area contributed by atoms with Gasteiger partial charge in [0, 0.05) is 29.2 Å². The van der Waals surface area contributed by atoms with E-state index in [4.69, 9.17) is 5.73 Å². The predicted molar refractivity (Wildman–Crippen MR) is 56.1 cm³/mol. The molecule has 5 heteroatoms. The highest BCUT2D eigenvalue weighted by Gasteiger charge is 2.02. The Morgan fingerprint density at radius 1 is 1.57 bits per heavy atom. The first kappa shape index (κ1) is 9.11. The van der Waals surface area contributed by atoms with Gasteiger partial charge in [0.2, 0.25) is 0 Å². The van der Waals surface area contributed by atoms with E-state index in [0.29, 0.717) is 11.4 Å². The molecule has 4 nitrogen and oxygen atoms in total. The van der Waals surface area contributed by atoms with Crippen molar-refractivity contribution in [3.05, 3.63) is 38.9 Å². The summed E-state index contributed by atoms with van der Waals surface area (Å²) in [5.74, 6) is 0.591. The van der Waals surface area contributed by atoms with Gasteiger partial charge in [0.05, 0.1) is 0 Å². The number of aromatic amines is 1. The fourth-order valence-electron chi connectivity index (χ4n) is 1.11. The number of hydrogen-bond donors (Lipinski definition) is 2. The van der Waals surface area contributed by atoms with E-state index in [0.717, 1.165) is 5.56 Å². The van der Waals surface area contributed by atoms with Crippen LogP contribution in [0.15, 0.2) is 27.8 Å². The molecule has 0 bridgehead atoms. The minimum absolute atomic E-state index is 0.163. The maximum Gasteiger partial charge on any atom is 0.255 e. The van der Waals surface area contributed by atoms with Gasteiger partial charge in [-0.2, -0.15) is 11.3 Å². The van der Waals surface area contributed by atoms with Crippen LogP contribution in [0.3, 0.4) is 0 Å².